The number of benzene rings is 1. The lowest BCUT2D eigenvalue weighted by Crippen LogP contribution is -2.15. The Bertz CT molecular complexity index is 568. The fourth-order valence-corrected chi connectivity index (χ4v) is 1.84. The number of aromatic nitrogens is 1. The Balaban J connectivity index is 2.64. The normalized spacial score (nSPS) is 14.0. The summed E-state index contributed by atoms with van der Waals surface area (Å²) in [6.07, 6.45) is 2.15. The molecule has 1 aromatic heterocycles. The monoisotopic (exact) mass is 226 g/mol. The summed E-state index contributed by atoms with van der Waals surface area (Å²) in [7, 11) is 0. The predicted molar refractivity (Wildman–Crippen MR) is 73.8 cm³/mol. The van der Waals surface area contributed by atoms with Crippen LogP contribution in [0.5, 0.6) is 0 Å². The van der Waals surface area contributed by atoms with Crippen LogP contribution in [0, 0.1) is 6.92 Å². The Kier molecular flexibility index (Phi) is 3.25. The first-order valence-electron chi connectivity index (χ1n) is 5.88. The summed E-state index contributed by atoms with van der Waals surface area (Å²) < 4.78 is 0. The van der Waals surface area contributed by atoms with Crippen LogP contribution in [0.15, 0.2) is 35.9 Å². The SMILES string of the molecule is C/C(=C\c1cc(C)nc2ccccc12)C(C)N. The molecule has 0 bridgehead atoms. The highest BCUT2D eigenvalue weighted by Gasteiger charge is 2.03. The molecule has 1 heterocycles. The van der Waals surface area contributed by atoms with Crippen molar-refractivity contribution >= 4 is 17.0 Å². The van der Waals surface area contributed by atoms with E-state index >= 15 is 0 Å². The molecule has 1 aromatic carbocycles. The van der Waals surface area contributed by atoms with Gasteiger partial charge in [0.15, 0.2) is 0 Å². The molecule has 0 radical (unpaired) electrons. The average Bonchev–Trinajstić information content (AvgIpc) is 2.28. The van der Waals surface area contributed by atoms with E-state index in [1.54, 1.807) is 0 Å². The van der Waals surface area contributed by atoms with Crippen LogP contribution < -0.4 is 5.73 Å². The highest BCUT2D eigenvalue weighted by molar-refractivity contribution is 5.88. The molecule has 2 N–H and O–H groups in total. The van der Waals surface area contributed by atoms with Gasteiger partial charge in [-0.1, -0.05) is 29.8 Å². The Morgan fingerprint density at radius 3 is 2.76 bits per heavy atom. The van der Waals surface area contributed by atoms with Crippen molar-refractivity contribution < 1.29 is 0 Å². The summed E-state index contributed by atoms with van der Waals surface area (Å²) in [5.41, 5.74) is 10.3. The van der Waals surface area contributed by atoms with E-state index < -0.39 is 0 Å². The van der Waals surface area contributed by atoms with Crippen molar-refractivity contribution in [3.05, 3.63) is 47.2 Å². The zero-order valence-corrected chi connectivity index (χ0v) is 10.6. The van der Waals surface area contributed by atoms with Gasteiger partial charge in [-0.3, -0.25) is 4.98 Å². The zero-order chi connectivity index (χ0) is 12.4. The molecule has 0 spiro atoms. The number of para-hydroxylation sites is 1. The predicted octanol–water partition coefficient (Wildman–Crippen LogP) is 3.29. The molecule has 0 amide bonds. The number of hydrogen-bond acceptors (Lipinski definition) is 2. The smallest absolute Gasteiger partial charge is 0.0711 e. The van der Waals surface area contributed by atoms with Crippen molar-refractivity contribution in [1.29, 1.82) is 0 Å². The van der Waals surface area contributed by atoms with Crippen LogP contribution in [0.3, 0.4) is 0 Å². The Labute approximate surface area is 102 Å². The van der Waals surface area contributed by atoms with Crippen molar-refractivity contribution in [2.75, 3.05) is 0 Å². The van der Waals surface area contributed by atoms with Crippen LogP contribution in [0.4, 0.5) is 0 Å². The average molecular weight is 226 g/mol. The Morgan fingerprint density at radius 2 is 2.06 bits per heavy atom. The first-order chi connectivity index (χ1) is 8.08. The maximum atomic E-state index is 5.88. The molecule has 2 rings (SSSR count). The molecule has 1 atom stereocenters. The summed E-state index contributed by atoms with van der Waals surface area (Å²) >= 11 is 0. The first-order valence-corrected chi connectivity index (χ1v) is 5.88. The van der Waals surface area contributed by atoms with Gasteiger partial charge >= 0.3 is 0 Å². The van der Waals surface area contributed by atoms with E-state index in [-0.39, 0.29) is 6.04 Å². The van der Waals surface area contributed by atoms with Gasteiger partial charge in [-0.15, -0.1) is 0 Å². The molecule has 0 aliphatic heterocycles. The van der Waals surface area contributed by atoms with Crippen LogP contribution in [0.25, 0.3) is 17.0 Å². The lowest BCUT2D eigenvalue weighted by molar-refractivity contribution is 0.868. The number of fused-ring (bicyclic) bond motifs is 1. The molecule has 17 heavy (non-hydrogen) atoms. The second-order valence-electron chi connectivity index (χ2n) is 4.55. The fourth-order valence-electron chi connectivity index (χ4n) is 1.84. The van der Waals surface area contributed by atoms with Gasteiger partial charge in [0, 0.05) is 17.1 Å². The third kappa shape index (κ3) is 2.53. The second-order valence-corrected chi connectivity index (χ2v) is 4.55. The largest absolute Gasteiger partial charge is 0.324 e. The second kappa shape index (κ2) is 4.68. The van der Waals surface area contributed by atoms with E-state index in [0.717, 1.165) is 11.2 Å². The molecule has 2 nitrogen and oxygen atoms in total. The number of nitrogens with two attached hydrogens (primary N) is 1. The molecule has 88 valence electrons. The Morgan fingerprint density at radius 1 is 1.35 bits per heavy atom. The van der Waals surface area contributed by atoms with Crippen LogP contribution in [-0.2, 0) is 0 Å². The number of rotatable bonds is 2. The van der Waals surface area contributed by atoms with Gasteiger partial charge in [0.1, 0.15) is 0 Å². The van der Waals surface area contributed by atoms with Gasteiger partial charge in [0.25, 0.3) is 0 Å². The quantitative estimate of drug-likeness (QED) is 0.853. The third-order valence-electron chi connectivity index (χ3n) is 2.98. The number of pyridine rings is 1. The maximum Gasteiger partial charge on any atom is 0.0711 e. The lowest BCUT2D eigenvalue weighted by Gasteiger charge is -2.08. The summed E-state index contributed by atoms with van der Waals surface area (Å²) in [4.78, 5) is 4.53. The van der Waals surface area contributed by atoms with Gasteiger partial charge in [-0.2, -0.15) is 0 Å². The molecule has 0 saturated heterocycles. The van der Waals surface area contributed by atoms with E-state index in [4.69, 9.17) is 5.73 Å². The highest BCUT2D eigenvalue weighted by atomic mass is 14.7. The van der Waals surface area contributed by atoms with Gasteiger partial charge in [0.05, 0.1) is 5.52 Å². The molecular formula is C15H18N2. The molecule has 0 aliphatic carbocycles. The van der Waals surface area contributed by atoms with Crippen LogP contribution in [0.2, 0.25) is 0 Å². The van der Waals surface area contributed by atoms with Gasteiger partial charge < -0.3 is 5.73 Å². The minimum absolute atomic E-state index is 0.0854. The summed E-state index contributed by atoms with van der Waals surface area (Å²) in [5.74, 6) is 0. The van der Waals surface area contributed by atoms with E-state index in [1.165, 1.54) is 16.5 Å². The molecule has 0 fully saturated rings. The van der Waals surface area contributed by atoms with Gasteiger partial charge in [-0.25, -0.2) is 0 Å². The van der Waals surface area contributed by atoms with Crippen LogP contribution >= 0.6 is 0 Å². The molecular weight excluding hydrogens is 208 g/mol. The summed E-state index contributed by atoms with van der Waals surface area (Å²) in [6.45, 7) is 6.09. The summed E-state index contributed by atoms with van der Waals surface area (Å²) in [5, 5.41) is 1.18. The van der Waals surface area contributed by atoms with E-state index in [0.29, 0.717) is 0 Å². The van der Waals surface area contributed by atoms with Crippen molar-refractivity contribution in [3.63, 3.8) is 0 Å². The maximum absolute atomic E-state index is 5.88. The summed E-state index contributed by atoms with van der Waals surface area (Å²) in [6, 6.07) is 10.4. The standard InChI is InChI=1S/C15H18N2/c1-10(12(3)16)8-13-9-11(2)17-15-7-5-4-6-14(13)15/h4-9,12H,16H2,1-3H3/b10-8+. The lowest BCUT2D eigenvalue weighted by atomic mass is 10.0. The first kappa shape index (κ1) is 11.8. The van der Waals surface area contributed by atoms with E-state index in [9.17, 15) is 0 Å². The van der Waals surface area contributed by atoms with Crippen molar-refractivity contribution in [2.45, 2.75) is 26.8 Å². The minimum Gasteiger partial charge on any atom is -0.324 e. The van der Waals surface area contributed by atoms with Gasteiger partial charge in [0.2, 0.25) is 0 Å². The number of hydrogen-bond donors (Lipinski definition) is 1. The molecule has 1 unspecified atom stereocenters. The topological polar surface area (TPSA) is 38.9 Å². The van der Waals surface area contributed by atoms with Crippen molar-refractivity contribution in [2.24, 2.45) is 5.73 Å². The zero-order valence-electron chi connectivity index (χ0n) is 10.6. The van der Waals surface area contributed by atoms with Crippen LogP contribution in [-0.4, -0.2) is 11.0 Å². The van der Waals surface area contributed by atoms with E-state index in [1.807, 2.05) is 32.0 Å². The molecule has 2 aromatic rings. The van der Waals surface area contributed by atoms with Crippen LogP contribution in [0.1, 0.15) is 25.1 Å². The minimum atomic E-state index is 0.0854. The van der Waals surface area contributed by atoms with E-state index in [2.05, 4.69) is 30.1 Å². The molecule has 0 saturated carbocycles. The van der Waals surface area contributed by atoms with Crippen molar-refractivity contribution in [1.82, 2.24) is 4.98 Å². The van der Waals surface area contributed by atoms with Crippen molar-refractivity contribution in [3.8, 4) is 0 Å². The fraction of sp³-hybridized carbons (Fsp3) is 0.267. The molecule has 0 aliphatic rings. The number of nitrogens with zero attached hydrogens (tertiary/aromatic N) is 1. The number of aryl methyl sites for hydroxylation is 1. The third-order valence-corrected chi connectivity index (χ3v) is 2.98. The highest BCUT2D eigenvalue weighted by Crippen LogP contribution is 2.21. The van der Waals surface area contributed by atoms with Gasteiger partial charge in [-0.05, 0) is 38.5 Å². The molecule has 2 heteroatoms. The Hall–Kier alpha value is -1.67.